The molecular weight excluding hydrogens is 418 g/mol. The molecule has 0 aliphatic rings. The van der Waals surface area contributed by atoms with E-state index in [1.807, 2.05) is 45.0 Å². The molecule has 3 aromatic rings. The number of carbonyl (C=O) groups is 1. The number of aryl methyl sites for hydroxylation is 1. The van der Waals surface area contributed by atoms with Crippen molar-refractivity contribution < 1.29 is 4.79 Å². The Bertz CT molecular complexity index is 949. The van der Waals surface area contributed by atoms with Crippen molar-refractivity contribution in [1.29, 1.82) is 0 Å². The van der Waals surface area contributed by atoms with Gasteiger partial charge in [-0.15, -0.1) is 0 Å². The number of nitrogens with zero attached hydrogens (tertiary/aromatic N) is 4. The first-order valence-corrected chi connectivity index (χ1v) is 9.32. The Hall–Kier alpha value is -2.12. The molecule has 26 heavy (non-hydrogen) atoms. The van der Waals surface area contributed by atoms with Crippen molar-refractivity contribution in [3.8, 4) is 0 Å². The van der Waals surface area contributed by atoms with Gasteiger partial charge in [-0.2, -0.15) is 10.2 Å². The van der Waals surface area contributed by atoms with Crippen LogP contribution in [0.5, 0.6) is 0 Å². The molecule has 8 heteroatoms. The summed E-state index contributed by atoms with van der Waals surface area (Å²) < 4.78 is 4.37. The molecule has 0 fully saturated rings. The van der Waals surface area contributed by atoms with Crippen LogP contribution < -0.4 is 5.32 Å². The van der Waals surface area contributed by atoms with Gasteiger partial charge < -0.3 is 5.32 Å². The van der Waals surface area contributed by atoms with Crippen LogP contribution in [0.2, 0.25) is 5.02 Å². The lowest BCUT2D eigenvalue weighted by Gasteiger charge is -2.13. The Morgan fingerprint density at radius 3 is 2.73 bits per heavy atom. The zero-order valence-electron chi connectivity index (χ0n) is 14.7. The van der Waals surface area contributed by atoms with Crippen molar-refractivity contribution in [2.24, 2.45) is 0 Å². The standard InChI is InChI=1S/C18H19BrClN5O/c1-11-17(19)12(2)25(23-11)13(3)18(26)22-15-8-21-24(10-15)9-14-6-4-5-7-16(14)20/h4-8,10,13H,9H2,1-3H3,(H,22,26). The molecule has 2 aromatic heterocycles. The predicted molar refractivity (Wildman–Crippen MR) is 106 cm³/mol. The summed E-state index contributed by atoms with van der Waals surface area (Å²) >= 11 is 9.67. The zero-order chi connectivity index (χ0) is 18.8. The Morgan fingerprint density at radius 1 is 1.35 bits per heavy atom. The van der Waals surface area contributed by atoms with Gasteiger partial charge in [-0.3, -0.25) is 14.2 Å². The molecule has 3 rings (SSSR count). The molecule has 2 heterocycles. The zero-order valence-corrected chi connectivity index (χ0v) is 17.0. The largest absolute Gasteiger partial charge is 0.322 e. The molecule has 136 valence electrons. The van der Waals surface area contributed by atoms with Crippen LogP contribution in [0.3, 0.4) is 0 Å². The summed E-state index contributed by atoms with van der Waals surface area (Å²) in [5.74, 6) is -0.152. The first kappa shape index (κ1) is 18.7. The fraction of sp³-hybridized carbons (Fsp3) is 0.278. The maximum absolute atomic E-state index is 12.6. The summed E-state index contributed by atoms with van der Waals surface area (Å²) in [6.07, 6.45) is 3.41. The Labute approximate surface area is 165 Å². The van der Waals surface area contributed by atoms with E-state index in [1.165, 1.54) is 0 Å². The minimum absolute atomic E-state index is 0.152. The number of carbonyl (C=O) groups excluding carboxylic acids is 1. The average Bonchev–Trinajstić information content (AvgIpc) is 3.16. The lowest BCUT2D eigenvalue weighted by molar-refractivity contribution is -0.119. The number of hydrogen-bond donors (Lipinski definition) is 1. The number of aromatic nitrogens is 4. The minimum atomic E-state index is -0.438. The van der Waals surface area contributed by atoms with Gasteiger partial charge in [0.15, 0.2) is 0 Å². The molecule has 0 bridgehead atoms. The van der Waals surface area contributed by atoms with Gasteiger partial charge in [-0.05, 0) is 48.3 Å². The Kier molecular flexibility index (Phi) is 5.48. The van der Waals surface area contributed by atoms with Crippen LogP contribution in [0, 0.1) is 13.8 Å². The first-order chi connectivity index (χ1) is 12.4. The summed E-state index contributed by atoms with van der Waals surface area (Å²) in [6, 6.07) is 7.18. The SMILES string of the molecule is Cc1nn(C(C)C(=O)Nc2cnn(Cc3ccccc3Cl)c2)c(C)c1Br. The molecule has 0 saturated heterocycles. The Morgan fingerprint density at radius 2 is 2.08 bits per heavy atom. The van der Waals surface area contributed by atoms with Gasteiger partial charge in [0.2, 0.25) is 5.91 Å². The van der Waals surface area contributed by atoms with Crippen LogP contribution in [0.4, 0.5) is 5.69 Å². The maximum Gasteiger partial charge on any atom is 0.249 e. The number of rotatable bonds is 5. The smallest absolute Gasteiger partial charge is 0.249 e. The molecular formula is C18H19BrClN5O. The topological polar surface area (TPSA) is 64.7 Å². The van der Waals surface area contributed by atoms with Crippen molar-refractivity contribution in [1.82, 2.24) is 19.6 Å². The molecule has 0 aliphatic carbocycles. The highest BCUT2D eigenvalue weighted by atomic mass is 79.9. The lowest BCUT2D eigenvalue weighted by atomic mass is 10.2. The van der Waals surface area contributed by atoms with Gasteiger partial charge in [0, 0.05) is 11.2 Å². The maximum atomic E-state index is 12.6. The third kappa shape index (κ3) is 3.83. The fourth-order valence-corrected chi connectivity index (χ4v) is 3.15. The predicted octanol–water partition coefficient (Wildman–Crippen LogP) is 4.36. The van der Waals surface area contributed by atoms with Crippen molar-refractivity contribution >= 4 is 39.1 Å². The highest BCUT2D eigenvalue weighted by molar-refractivity contribution is 9.10. The first-order valence-electron chi connectivity index (χ1n) is 8.14. The van der Waals surface area contributed by atoms with Gasteiger partial charge in [0.1, 0.15) is 6.04 Å². The third-order valence-corrected chi connectivity index (χ3v) is 5.69. The summed E-state index contributed by atoms with van der Waals surface area (Å²) in [5.41, 5.74) is 3.37. The molecule has 1 atom stereocenters. The van der Waals surface area contributed by atoms with Crippen LogP contribution in [0.1, 0.15) is 29.9 Å². The van der Waals surface area contributed by atoms with Gasteiger partial charge in [-0.1, -0.05) is 29.8 Å². The molecule has 1 N–H and O–H groups in total. The second-order valence-corrected chi connectivity index (χ2v) is 7.31. The van der Waals surface area contributed by atoms with Crippen molar-refractivity contribution in [3.05, 3.63) is 63.1 Å². The van der Waals surface area contributed by atoms with E-state index in [1.54, 1.807) is 21.8 Å². The normalized spacial score (nSPS) is 12.2. The summed E-state index contributed by atoms with van der Waals surface area (Å²) in [7, 11) is 0. The van der Waals surface area contributed by atoms with Crippen LogP contribution in [0.15, 0.2) is 41.1 Å². The van der Waals surface area contributed by atoms with E-state index in [-0.39, 0.29) is 5.91 Å². The second kappa shape index (κ2) is 7.63. The molecule has 0 saturated carbocycles. The van der Waals surface area contributed by atoms with Crippen LogP contribution in [0.25, 0.3) is 0 Å². The van der Waals surface area contributed by atoms with E-state index in [0.717, 1.165) is 21.4 Å². The van der Waals surface area contributed by atoms with Crippen molar-refractivity contribution in [2.45, 2.75) is 33.4 Å². The molecule has 1 amide bonds. The van der Waals surface area contributed by atoms with E-state index >= 15 is 0 Å². The monoisotopic (exact) mass is 435 g/mol. The highest BCUT2D eigenvalue weighted by Crippen LogP contribution is 2.23. The minimum Gasteiger partial charge on any atom is -0.322 e. The molecule has 0 spiro atoms. The number of halogens is 2. The van der Waals surface area contributed by atoms with Gasteiger partial charge >= 0.3 is 0 Å². The third-order valence-electron chi connectivity index (χ3n) is 4.17. The van der Waals surface area contributed by atoms with Crippen LogP contribution in [-0.4, -0.2) is 25.5 Å². The van der Waals surface area contributed by atoms with E-state index in [2.05, 4.69) is 31.4 Å². The van der Waals surface area contributed by atoms with Gasteiger partial charge in [-0.25, -0.2) is 0 Å². The number of benzene rings is 1. The van der Waals surface area contributed by atoms with Gasteiger partial charge in [0.25, 0.3) is 0 Å². The second-order valence-electron chi connectivity index (χ2n) is 6.11. The summed E-state index contributed by atoms with van der Waals surface area (Å²) in [4.78, 5) is 12.6. The molecule has 0 aliphatic heterocycles. The number of amides is 1. The van der Waals surface area contributed by atoms with Crippen molar-refractivity contribution in [3.63, 3.8) is 0 Å². The number of nitrogens with one attached hydrogen (secondary N) is 1. The molecule has 1 unspecified atom stereocenters. The van der Waals surface area contributed by atoms with E-state index in [4.69, 9.17) is 11.6 Å². The van der Waals surface area contributed by atoms with Crippen LogP contribution >= 0.6 is 27.5 Å². The van der Waals surface area contributed by atoms with E-state index < -0.39 is 6.04 Å². The highest BCUT2D eigenvalue weighted by Gasteiger charge is 2.20. The van der Waals surface area contributed by atoms with Gasteiger partial charge in [0.05, 0.1) is 34.3 Å². The van der Waals surface area contributed by atoms with E-state index in [9.17, 15) is 4.79 Å². The van der Waals surface area contributed by atoms with E-state index in [0.29, 0.717) is 17.3 Å². The number of anilines is 1. The molecule has 1 aromatic carbocycles. The summed E-state index contributed by atoms with van der Waals surface area (Å²) in [5, 5.41) is 12.3. The Balaban J connectivity index is 1.69. The quantitative estimate of drug-likeness (QED) is 0.646. The molecule has 0 radical (unpaired) electrons. The lowest BCUT2D eigenvalue weighted by Crippen LogP contribution is -2.25. The fourth-order valence-electron chi connectivity index (χ4n) is 2.69. The average molecular weight is 437 g/mol. The number of hydrogen-bond acceptors (Lipinski definition) is 3. The van der Waals surface area contributed by atoms with Crippen molar-refractivity contribution in [2.75, 3.05) is 5.32 Å². The van der Waals surface area contributed by atoms with Crippen LogP contribution in [-0.2, 0) is 11.3 Å². The summed E-state index contributed by atoms with van der Waals surface area (Å²) in [6.45, 7) is 6.18. The molecule has 6 nitrogen and oxygen atoms in total.